The fourth-order valence-electron chi connectivity index (χ4n) is 3.75. The molecule has 1 aliphatic rings. The van der Waals surface area contributed by atoms with Crippen LogP contribution in [-0.2, 0) is 28.7 Å². The van der Waals surface area contributed by atoms with E-state index in [9.17, 15) is 24.4 Å². The maximum absolute atomic E-state index is 12.4. The van der Waals surface area contributed by atoms with Crippen LogP contribution in [0.1, 0.15) is 64.9 Å². The van der Waals surface area contributed by atoms with Crippen molar-refractivity contribution in [3.8, 4) is 11.8 Å². The summed E-state index contributed by atoms with van der Waals surface area (Å²) < 4.78 is 15.4. The van der Waals surface area contributed by atoms with Crippen LogP contribution >= 0.6 is 11.6 Å². The van der Waals surface area contributed by atoms with Gasteiger partial charge in [-0.2, -0.15) is 5.26 Å². The lowest BCUT2D eigenvalue weighted by molar-refractivity contribution is -0.146. The molecule has 1 heterocycles. The molecule has 2 amide bonds. The Morgan fingerprint density at radius 3 is 2.08 bits per heavy atom. The number of unbranched alkanes of at least 4 members (excludes halogenated alkanes) is 3. The number of rotatable bonds is 12. The van der Waals surface area contributed by atoms with Crippen LogP contribution in [0.3, 0.4) is 0 Å². The Morgan fingerprint density at radius 1 is 1.03 bits per heavy atom. The van der Waals surface area contributed by atoms with Crippen molar-refractivity contribution in [3.63, 3.8) is 0 Å². The Morgan fingerprint density at radius 2 is 1.59 bits per heavy atom. The largest absolute Gasteiger partial charge is 0.465 e. The number of ether oxygens (including phenoxy) is 3. The highest BCUT2D eigenvalue weighted by Gasteiger charge is 2.43. The molecule has 1 aromatic carbocycles. The van der Waals surface area contributed by atoms with Gasteiger partial charge >= 0.3 is 11.9 Å². The van der Waals surface area contributed by atoms with Gasteiger partial charge in [-0.15, -0.1) is 0 Å². The summed E-state index contributed by atoms with van der Waals surface area (Å²) in [7, 11) is 0. The zero-order valence-electron chi connectivity index (χ0n) is 22.8. The predicted molar refractivity (Wildman–Crippen MR) is 144 cm³/mol. The fourth-order valence-corrected chi connectivity index (χ4v) is 3.93. The number of carbonyl (C=O) groups is 4. The van der Waals surface area contributed by atoms with Crippen LogP contribution in [0.15, 0.2) is 29.7 Å². The monoisotopic (exact) mass is 564 g/mol. The highest BCUT2D eigenvalue weighted by atomic mass is 35.5. The number of nitrogens with zero attached hydrogens (tertiary/aromatic N) is 1. The first-order valence-electron chi connectivity index (χ1n) is 12.8. The second kappa shape index (κ2) is 17.7. The second-order valence-electron chi connectivity index (χ2n) is 8.50. The molecule has 0 spiro atoms. The van der Waals surface area contributed by atoms with Crippen LogP contribution in [0.25, 0.3) is 0 Å². The molecule has 214 valence electrons. The van der Waals surface area contributed by atoms with Crippen molar-refractivity contribution >= 4 is 35.4 Å². The van der Waals surface area contributed by atoms with Gasteiger partial charge in [0.1, 0.15) is 11.3 Å². The van der Waals surface area contributed by atoms with Crippen molar-refractivity contribution < 1.29 is 33.4 Å². The van der Waals surface area contributed by atoms with Crippen LogP contribution in [0.5, 0.6) is 5.75 Å². The van der Waals surface area contributed by atoms with E-state index in [1.165, 1.54) is 19.9 Å². The van der Waals surface area contributed by atoms with E-state index in [-0.39, 0.29) is 36.5 Å². The normalized spacial score (nSPS) is 14.3. The van der Waals surface area contributed by atoms with Gasteiger partial charge in [0.05, 0.1) is 25.2 Å². The van der Waals surface area contributed by atoms with Crippen molar-refractivity contribution in [2.75, 3.05) is 26.3 Å². The number of hydrogen-bond donors (Lipinski definition) is 3. The van der Waals surface area contributed by atoms with E-state index in [0.29, 0.717) is 16.3 Å². The highest BCUT2D eigenvalue weighted by Crippen LogP contribution is 2.44. The number of fused-ring (bicyclic) bond motifs is 1. The Kier molecular flexibility index (Phi) is 15.1. The number of nitriles is 1. The van der Waals surface area contributed by atoms with Gasteiger partial charge in [-0.05, 0) is 44.9 Å². The van der Waals surface area contributed by atoms with Crippen molar-refractivity contribution in [3.05, 3.63) is 40.2 Å². The summed E-state index contributed by atoms with van der Waals surface area (Å²) in [4.78, 5) is 45.6. The quantitative estimate of drug-likeness (QED) is 0.255. The first-order valence-corrected chi connectivity index (χ1v) is 13.1. The lowest BCUT2D eigenvalue weighted by Gasteiger charge is -2.29. The molecule has 2 rings (SSSR count). The molecular weight excluding hydrogens is 528 g/mol. The molecule has 2 unspecified atom stereocenters. The highest BCUT2D eigenvalue weighted by molar-refractivity contribution is 6.30. The number of benzene rings is 1. The summed E-state index contributed by atoms with van der Waals surface area (Å²) in [6.07, 6.45) is 4.22. The standard InChI is InChI=1S/C17H17ClN2O5.C10H20N2O2/c1-3-23-16(21)11(8-19)13-10-7-9(18)5-6-12(10)25-15(20)14(13)17(22)24-4-2;1-9(13)11-7-5-3-4-6-8-12-10(2)14/h5-7,11,13H,3-4,20H2,1-2H3;3-8H2,1-2H3,(H,11,13)(H,12,14). The number of nitrogens with two attached hydrogens (primary N) is 1. The summed E-state index contributed by atoms with van der Waals surface area (Å²) in [6, 6.07) is 6.55. The van der Waals surface area contributed by atoms with E-state index in [1.807, 2.05) is 6.07 Å². The molecule has 0 radical (unpaired) electrons. The molecule has 0 aromatic heterocycles. The molecule has 0 fully saturated rings. The van der Waals surface area contributed by atoms with Crippen LogP contribution in [0.2, 0.25) is 5.02 Å². The van der Waals surface area contributed by atoms with E-state index in [2.05, 4.69) is 10.6 Å². The van der Waals surface area contributed by atoms with Gasteiger partial charge in [-0.1, -0.05) is 24.4 Å². The van der Waals surface area contributed by atoms with Crippen LogP contribution in [0, 0.1) is 17.2 Å². The number of esters is 2. The van der Waals surface area contributed by atoms with Crippen LogP contribution < -0.4 is 21.1 Å². The van der Waals surface area contributed by atoms with Gasteiger partial charge in [-0.25, -0.2) is 4.79 Å². The van der Waals surface area contributed by atoms with Crippen LogP contribution in [-0.4, -0.2) is 50.1 Å². The van der Waals surface area contributed by atoms with Gasteiger partial charge in [0, 0.05) is 37.5 Å². The zero-order chi connectivity index (χ0) is 29.4. The molecule has 39 heavy (non-hydrogen) atoms. The van der Waals surface area contributed by atoms with Crippen LogP contribution in [0.4, 0.5) is 0 Å². The Balaban J connectivity index is 0.000000464. The molecule has 0 saturated heterocycles. The number of hydrogen-bond acceptors (Lipinski definition) is 9. The van der Waals surface area contributed by atoms with Gasteiger partial charge in [-0.3, -0.25) is 14.4 Å². The fraction of sp³-hybridized carbons (Fsp3) is 0.519. The SMILES string of the molecule is CC(=O)NCCCCCCNC(C)=O.CCOC(=O)C1=C(N)Oc2ccc(Cl)cc2C1C(C#N)C(=O)OCC. The van der Waals surface area contributed by atoms with Gasteiger partial charge in [0.15, 0.2) is 5.92 Å². The van der Waals surface area contributed by atoms with E-state index in [1.54, 1.807) is 26.0 Å². The summed E-state index contributed by atoms with van der Waals surface area (Å²) in [6.45, 7) is 8.01. The molecule has 1 aromatic rings. The summed E-state index contributed by atoms with van der Waals surface area (Å²) in [5.74, 6) is -3.69. The molecule has 2 atom stereocenters. The van der Waals surface area contributed by atoms with Crippen molar-refractivity contribution in [1.29, 1.82) is 5.26 Å². The number of nitrogens with one attached hydrogen (secondary N) is 2. The summed E-state index contributed by atoms with van der Waals surface area (Å²) in [5, 5.41) is 15.4. The lowest BCUT2D eigenvalue weighted by atomic mass is 9.79. The molecule has 0 bridgehead atoms. The maximum Gasteiger partial charge on any atom is 0.340 e. The van der Waals surface area contributed by atoms with Gasteiger partial charge in [0.25, 0.3) is 0 Å². The molecular formula is C27H37ClN4O7. The van der Waals surface area contributed by atoms with Crippen molar-refractivity contribution in [2.24, 2.45) is 11.7 Å². The minimum Gasteiger partial charge on any atom is -0.465 e. The first-order chi connectivity index (χ1) is 18.6. The average molecular weight is 565 g/mol. The lowest BCUT2D eigenvalue weighted by Crippen LogP contribution is -2.33. The molecule has 12 heteroatoms. The second-order valence-corrected chi connectivity index (χ2v) is 8.94. The minimum absolute atomic E-state index is 0.0308. The number of halogens is 1. The Hall–Kier alpha value is -3.78. The maximum atomic E-state index is 12.4. The third-order valence-electron chi connectivity index (χ3n) is 5.46. The molecule has 0 aliphatic carbocycles. The molecule has 0 saturated carbocycles. The van der Waals surface area contributed by atoms with E-state index in [4.69, 9.17) is 31.5 Å². The zero-order valence-corrected chi connectivity index (χ0v) is 23.6. The van der Waals surface area contributed by atoms with Crippen molar-refractivity contribution in [1.82, 2.24) is 10.6 Å². The van der Waals surface area contributed by atoms with E-state index in [0.717, 1.165) is 38.8 Å². The van der Waals surface area contributed by atoms with Gasteiger partial charge < -0.3 is 30.6 Å². The topological polar surface area (TPSA) is 170 Å². The Labute approximate surface area is 234 Å². The van der Waals surface area contributed by atoms with E-state index >= 15 is 0 Å². The van der Waals surface area contributed by atoms with Gasteiger partial charge in [0.2, 0.25) is 17.7 Å². The number of amides is 2. The summed E-state index contributed by atoms with van der Waals surface area (Å²) in [5.41, 5.74) is 6.17. The van der Waals surface area contributed by atoms with Crippen molar-refractivity contribution in [2.45, 2.75) is 59.3 Å². The Bertz CT molecular complexity index is 1060. The minimum atomic E-state index is -1.31. The predicted octanol–water partition coefficient (Wildman–Crippen LogP) is 3.07. The van der Waals surface area contributed by atoms with E-state index < -0.39 is 23.8 Å². The molecule has 4 N–H and O–H groups in total. The molecule has 1 aliphatic heterocycles. The third kappa shape index (κ3) is 11.2. The molecule has 11 nitrogen and oxygen atoms in total. The smallest absolute Gasteiger partial charge is 0.340 e. The summed E-state index contributed by atoms with van der Waals surface area (Å²) >= 11 is 6.04. The third-order valence-corrected chi connectivity index (χ3v) is 5.70. The number of carbonyl (C=O) groups excluding carboxylic acids is 4. The average Bonchev–Trinajstić information content (AvgIpc) is 2.86. The first kappa shape index (κ1) is 33.2.